The Morgan fingerprint density at radius 2 is 2.17 bits per heavy atom. The summed E-state index contributed by atoms with van der Waals surface area (Å²) in [5, 5.41) is 32.0. The summed E-state index contributed by atoms with van der Waals surface area (Å²) in [7, 11) is -5.00. The van der Waals surface area contributed by atoms with Crippen LogP contribution in [-0.2, 0) is 32.6 Å². The molecule has 0 radical (unpaired) electrons. The minimum Gasteiger partial charge on any atom is -0.746 e. The molecule has 0 aromatic carbocycles. The Kier molecular flexibility index (Phi) is 9.21. The van der Waals surface area contributed by atoms with E-state index >= 15 is 0 Å². The van der Waals surface area contributed by atoms with Gasteiger partial charge in [0, 0.05) is 13.0 Å². The van der Waals surface area contributed by atoms with Gasteiger partial charge in [-0.1, -0.05) is 6.08 Å². The molecule has 7 atom stereocenters. The number of aromatic amines is 1. The highest BCUT2D eigenvalue weighted by molar-refractivity contribution is 7.46. The molecule has 2 aliphatic heterocycles. The number of nitrogen functional groups attached to an aromatic ring is 1. The van der Waals surface area contributed by atoms with Crippen molar-refractivity contribution in [3.8, 4) is 0 Å². The van der Waals surface area contributed by atoms with Gasteiger partial charge in [0.1, 0.15) is 42.5 Å². The summed E-state index contributed by atoms with van der Waals surface area (Å²) in [6.45, 7) is 0.134. The number of carbonyl (C=O) groups is 1. The van der Waals surface area contributed by atoms with E-state index in [-0.39, 0.29) is 36.4 Å². The highest BCUT2D eigenvalue weighted by atomic mass is 31.2. The zero-order chi connectivity index (χ0) is 26.5. The standard InChI is InChI=1S/C19H27N4O12P/c1-9(25)21-11-3-2-10(34-18(11)31-5-4-24)7-32-36(29,30)33-8-13-15(26)16(27)17(35-13)12-6-14(20)23-19(28)22-12/h2-3,6-7,11,13,15-18,24,26-27H,4-5,8H2,1H3,(H,21,25)(H,29,30)(H3,20,22,23,28)/p-1/b10-7-/t11-,13-,15-,16-,17+,18-/m1/s1. The van der Waals surface area contributed by atoms with Gasteiger partial charge in [-0.3, -0.25) is 9.36 Å². The first-order valence-electron chi connectivity index (χ1n) is 10.6. The number of aromatic nitrogens is 2. The van der Waals surface area contributed by atoms with Gasteiger partial charge >= 0.3 is 13.5 Å². The van der Waals surface area contributed by atoms with Gasteiger partial charge in [0.2, 0.25) is 12.2 Å². The Labute approximate surface area is 203 Å². The van der Waals surface area contributed by atoms with E-state index in [9.17, 15) is 29.3 Å². The second-order valence-electron chi connectivity index (χ2n) is 7.68. The first-order chi connectivity index (χ1) is 17.0. The molecule has 2 aliphatic rings. The van der Waals surface area contributed by atoms with Crippen LogP contribution < -0.4 is 21.6 Å². The van der Waals surface area contributed by atoms with Crippen molar-refractivity contribution in [2.75, 3.05) is 25.6 Å². The molecule has 17 heteroatoms. The highest BCUT2D eigenvalue weighted by Crippen LogP contribution is 2.41. The van der Waals surface area contributed by atoms with Crippen molar-refractivity contribution < 1.29 is 52.8 Å². The van der Waals surface area contributed by atoms with E-state index < -0.39 is 56.9 Å². The van der Waals surface area contributed by atoms with Crippen LogP contribution in [0.3, 0.4) is 0 Å². The average Bonchev–Trinajstić information content (AvgIpc) is 3.09. The fraction of sp³-hybridized carbons (Fsp3) is 0.526. The molecule has 200 valence electrons. The number of aliphatic hydroxyl groups is 3. The maximum atomic E-state index is 12.2. The average molecular weight is 533 g/mol. The maximum absolute atomic E-state index is 12.2. The van der Waals surface area contributed by atoms with Crippen molar-refractivity contribution in [3.63, 3.8) is 0 Å². The van der Waals surface area contributed by atoms with Crippen LogP contribution in [0.5, 0.6) is 0 Å². The molecule has 0 saturated carbocycles. The van der Waals surface area contributed by atoms with Crippen LogP contribution in [0.4, 0.5) is 5.82 Å². The summed E-state index contributed by atoms with van der Waals surface area (Å²) >= 11 is 0. The van der Waals surface area contributed by atoms with Crippen LogP contribution in [0.25, 0.3) is 0 Å². The molecular weight excluding hydrogens is 507 g/mol. The number of anilines is 1. The lowest BCUT2D eigenvalue weighted by Crippen LogP contribution is -2.45. The molecule has 0 aliphatic carbocycles. The van der Waals surface area contributed by atoms with Crippen molar-refractivity contribution in [3.05, 3.63) is 46.4 Å². The van der Waals surface area contributed by atoms with E-state index in [1.165, 1.54) is 25.1 Å². The molecule has 1 amide bonds. The van der Waals surface area contributed by atoms with Crippen molar-refractivity contribution >= 4 is 19.5 Å². The van der Waals surface area contributed by atoms with E-state index in [2.05, 4.69) is 19.8 Å². The summed E-state index contributed by atoms with van der Waals surface area (Å²) in [4.78, 5) is 40.8. The third-order valence-electron chi connectivity index (χ3n) is 4.91. The second-order valence-corrected chi connectivity index (χ2v) is 9.04. The van der Waals surface area contributed by atoms with E-state index in [0.717, 1.165) is 6.26 Å². The lowest BCUT2D eigenvalue weighted by molar-refractivity contribution is -0.223. The summed E-state index contributed by atoms with van der Waals surface area (Å²) in [5.74, 6) is -0.601. The van der Waals surface area contributed by atoms with E-state index in [4.69, 9.17) is 29.6 Å². The highest BCUT2D eigenvalue weighted by Gasteiger charge is 2.44. The number of aliphatic hydroxyl groups excluding tert-OH is 3. The predicted molar refractivity (Wildman–Crippen MR) is 116 cm³/mol. The van der Waals surface area contributed by atoms with E-state index in [1.807, 2.05) is 0 Å². The number of rotatable bonds is 10. The van der Waals surface area contributed by atoms with Gasteiger partial charge in [0.15, 0.2) is 5.76 Å². The van der Waals surface area contributed by atoms with Gasteiger partial charge in [-0.15, -0.1) is 0 Å². The number of hydrogen-bond donors (Lipinski definition) is 6. The van der Waals surface area contributed by atoms with Gasteiger partial charge < -0.3 is 59.5 Å². The van der Waals surface area contributed by atoms with Crippen molar-refractivity contribution in [1.82, 2.24) is 15.3 Å². The van der Waals surface area contributed by atoms with Crippen molar-refractivity contribution in [2.24, 2.45) is 0 Å². The Morgan fingerprint density at radius 3 is 2.83 bits per heavy atom. The van der Waals surface area contributed by atoms with Crippen molar-refractivity contribution in [2.45, 2.75) is 43.7 Å². The molecule has 16 nitrogen and oxygen atoms in total. The number of phosphoric acid groups is 1. The summed E-state index contributed by atoms with van der Waals surface area (Å²) in [5.41, 5.74) is 4.74. The zero-order valence-corrected chi connectivity index (χ0v) is 19.8. The SMILES string of the molecule is CC(=O)N[C@@H]1C=C/C(=C/OP(=O)([O-])OC[C@H]2O[C@@H](c3cc(N)nc(=O)[nH]3)[C@H](O)[C@@H]2O)O[C@H]1OCCO. The number of amides is 1. The molecule has 1 unspecified atom stereocenters. The Hall–Kier alpha value is -2.82. The molecule has 1 fully saturated rings. The largest absolute Gasteiger partial charge is 0.746 e. The topological polar surface area (TPSA) is 248 Å². The molecule has 0 bridgehead atoms. The first kappa shape index (κ1) is 27.8. The molecule has 1 aromatic heterocycles. The minimum absolute atomic E-state index is 0.0320. The minimum atomic E-state index is -5.00. The molecular formula is C19H26N4O12P-. The fourth-order valence-electron chi connectivity index (χ4n) is 3.37. The van der Waals surface area contributed by atoms with Crippen LogP contribution in [0.2, 0.25) is 0 Å². The molecule has 0 spiro atoms. The molecule has 7 N–H and O–H groups in total. The number of nitrogens with two attached hydrogens (primary N) is 1. The van der Waals surface area contributed by atoms with Crippen molar-refractivity contribution in [1.29, 1.82) is 0 Å². The smallest absolute Gasteiger partial charge is 0.347 e. The van der Waals surface area contributed by atoms with Gasteiger partial charge in [-0.05, 0) is 6.08 Å². The van der Waals surface area contributed by atoms with Crippen LogP contribution >= 0.6 is 7.82 Å². The molecule has 36 heavy (non-hydrogen) atoms. The number of carbonyl (C=O) groups excluding carboxylic acids is 1. The summed E-state index contributed by atoms with van der Waals surface area (Å²) in [6, 6.07) is 0.526. The second kappa shape index (κ2) is 11.9. The maximum Gasteiger partial charge on any atom is 0.347 e. The number of nitrogens with one attached hydrogen (secondary N) is 2. The van der Waals surface area contributed by atoms with Crippen LogP contribution in [0, 0.1) is 0 Å². The predicted octanol–water partition coefficient (Wildman–Crippen LogP) is -2.72. The zero-order valence-electron chi connectivity index (χ0n) is 18.9. The monoisotopic (exact) mass is 533 g/mol. The lowest BCUT2D eigenvalue weighted by Gasteiger charge is -2.30. The lowest BCUT2D eigenvalue weighted by atomic mass is 10.1. The quantitative estimate of drug-likeness (QED) is 0.132. The number of H-pyrrole nitrogens is 1. The van der Waals surface area contributed by atoms with Gasteiger partial charge in [0.05, 0.1) is 25.5 Å². The molecule has 3 rings (SSSR count). The van der Waals surface area contributed by atoms with E-state index in [1.54, 1.807) is 0 Å². The number of hydrogen-bond acceptors (Lipinski definition) is 14. The number of ether oxygens (including phenoxy) is 3. The van der Waals surface area contributed by atoms with E-state index in [0.29, 0.717) is 0 Å². The summed E-state index contributed by atoms with van der Waals surface area (Å²) in [6.07, 6.45) is -3.18. The molecule has 1 saturated heterocycles. The number of phosphoric ester groups is 1. The Morgan fingerprint density at radius 1 is 1.42 bits per heavy atom. The van der Waals surface area contributed by atoms with Crippen LogP contribution in [0.1, 0.15) is 18.7 Å². The normalized spacial score (nSPS) is 30.5. The Balaban J connectivity index is 1.59. The number of nitrogens with zero attached hydrogens (tertiary/aromatic N) is 1. The van der Waals surface area contributed by atoms with Gasteiger partial charge in [-0.25, -0.2) is 4.79 Å². The fourth-order valence-corrected chi connectivity index (χ4v) is 3.99. The third-order valence-corrected chi connectivity index (χ3v) is 5.73. The number of allylic oxidation sites excluding steroid dienone is 1. The molecule has 1 aromatic rings. The van der Waals surface area contributed by atoms with Gasteiger partial charge in [-0.2, -0.15) is 4.98 Å². The van der Waals surface area contributed by atoms with Crippen LogP contribution in [0.15, 0.2) is 35.0 Å². The molecule has 3 heterocycles. The van der Waals surface area contributed by atoms with Gasteiger partial charge in [0.25, 0.3) is 0 Å². The summed E-state index contributed by atoms with van der Waals surface area (Å²) < 4.78 is 37.8. The third kappa shape index (κ3) is 7.35. The van der Waals surface area contributed by atoms with Crippen LogP contribution in [-0.4, -0.2) is 81.7 Å². The first-order valence-corrected chi connectivity index (χ1v) is 12.0. The Bertz CT molecular complexity index is 1090.